The lowest BCUT2D eigenvalue weighted by atomic mass is 9.93. The summed E-state index contributed by atoms with van der Waals surface area (Å²) in [5.41, 5.74) is 3.90. The van der Waals surface area contributed by atoms with E-state index in [0.717, 1.165) is 75.6 Å². The third-order valence-electron chi connectivity index (χ3n) is 7.85. The van der Waals surface area contributed by atoms with Gasteiger partial charge in [-0.1, -0.05) is 37.6 Å². The molecule has 6 rings (SSSR count). The molecule has 2 aliphatic heterocycles. The Morgan fingerprint density at radius 3 is 2.78 bits per heavy atom. The minimum atomic E-state index is -0.0933. The van der Waals surface area contributed by atoms with Crippen LogP contribution >= 0.6 is 0 Å². The summed E-state index contributed by atoms with van der Waals surface area (Å²) >= 11 is 0. The molecule has 2 atom stereocenters. The molecule has 190 valence electrons. The van der Waals surface area contributed by atoms with Gasteiger partial charge in [-0.2, -0.15) is 5.10 Å². The van der Waals surface area contributed by atoms with Crippen LogP contribution in [0.15, 0.2) is 59.2 Å². The largest absolute Gasteiger partial charge is 0.381 e. The third kappa shape index (κ3) is 5.02. The van der Waals surface area contributed by atoms with Gasteiger partial charge in [0.1, 0.15) is 16.8 Å². The zero-order valence-corrected chi connectivity index (χ0v) is 21.3. The van der Waals surface area contributed by atoms with Crippen LogP contribution in [0.2, 0.25) is 0 Å². The fraction of sp³-hybridized carbons (Fsp3) is 0.448. The number of aromatic nitrogens is 4. The molecule has 1 aromatic carbocycles. The molecule has 2 saturated heterocycles. The lowest BCUT2D eigenvalue weighted by Crippen LogP contribution is -2.23. The molecule has 2 fully saturated rings. The van der Waals surface area contributed by atoms with Crippen LogP contribution in [0, 0.1) is 12.0 Å². The lowest BCUT2D eigenvalue weighted by Gasteiger charge is -2.23. The van der Waals surface area contributed by atoms with Crippen LogP contribution in [-0.2, 0) is 11.3 Å². The standard InChI is InChI=1S/C29H32N6O2/c1-2-22-18-34(17-21-9-7-20(8-10-21)15-30-23-5-3-4-6-23)19-26(22)27-32-28-25(29(36)33-27)16-31-35(28)24-11-13-37-14-12-24/h3-5,7-10,16,22,24,26H,2,6,11-14,17-19H2,1H3/p+1/t22-,26-/m1/s1. The van der Waals surface area contributed by atoms with Crippen molar-refractivity contribution in [2.45, 2.75) is 51.1 Å². The van der Waals surface area contributed by atoms with E-state index in [4.69, 9.17) is 9.72 Å². The topological polar surface area (TPSA) is 80.4 Å². The van der Waals surface area contributed by atoms with Crippen molar-refractivity contribution in [3.63, 3.8) is 0 Å². The molecule has 8 heteroatoms. The first-order valence-corrected chi connectivity index (χ1v) is 13.4. The van der Waals surface area contributed by atoms with E-state index in [9.17, 15) is 4.79 Å². The lowest BCUT2D eigenvalue weighted by molar-refractivity contribution is 0.0673. The van der Waals surface area contributed by atoms with Crippen LogP contribution in [0.1, 0.15) is 61.5 Å². The molecular weight excluding hydrogens is 464 g/mol. The number of hydrogen-bond acceptors (Lipinski definition) is 5. The van der Waals surface area contributed by atoms with Gasteiger partial charge in [-0.05, 0) is 41.3 Å². The SMILES string of the molecule is CC[C@@H]1CN(Cc2ccc(C#[N+]C3=CC=CC3)cc2)C[C@H]1c1nc2c(cnn2C2CCOCC2)c(=O)[nH]1. The van der Waals surface area contributed by atoms with Gasteiger partial charge in [0, 0.05) is 44.8 Å². The van der Waals surface area contributed by atoms with E-state index < -0.39 is 0 Å². The second-order valence-electron chi connectivity index (χ2n) is 10.3. The summed E-state index contributed by atoms with van der Waals surface area (Å²) in [6.45, 7) is 6.39. The van der Waals surface area contributed by atoms with Crippen LogP contribution < -0.4 is 5.56 Å². The highest BCUT2D eigenvalue weighted by Gasteiger charge is 2.35. The molecule has 1 N–H and O–H groups in total. The molecule has 37 heavy (non-hydrogen) atoms. The smallest absolute Gasteiger partial charge is 0.321 e. The summed E-state index contributed by atoms with van der Waals surface area (Å²) in [7, 11) is 0. The van der Waals surface area contributed by atoms with E-state index in [2.05, 4.69) is 63.2 Å². The molecular formula is C29H33N6O2+. The van der Waals surface area contributed by atoms with Crippen molar-refractivity contribution in [1.29, 1.82) is 0 Å². The van der Waals surface area contributed by atoms with Gasteiger partial charge in [-0.3, -0.25) is 9.69 Å². The van der Waals surface area contributed by atoms with Gasteiger partial charge in [0.2, 0.25) is 0 Å². The molecule has 3 aromatic rings. The number of nitrogens with one attached hydrogen (secondary N) is 1. The van der Waals surface area contributed by atoms with Gasteiger partial charge in [-0.15, -0.1) is 0 Å². The molecule has 3 aliphatic rings. The molecule has 1 aliphatic carbocycles. The van der Waals surface area contributed by atoms with Crippen molar-refractivity contribution in [3.8, 4) is 6.07 Å². The number of H-pyrrole nitrogens is 1. The Morgan fingerprint density at radius 1 is 1.19 bits per heavy atom. The van der Waals surface area contributed by atoms with Crippen molar-refractivity contribution in [2.24, 2.45) is 5.92 Å². The number of nitrogens with zero attached hydrogens (tertiary/aromatic N) is 5. The zero-order valence-electron chi connectivity index (χ0n) is 21.3. The van der Waals surface area contributed by atoms with Crippen molar-refractivity contribution in [1.82, 2.24) is 24.6 Å². The fourth-order valence-electron chi connectivity index (χ4n) is 5.74. The van der Waals surface area contributed by atoms with Gasteiger partial charge in [0.05, 0.1) is 18.7 Å². The van der Waals surface area contributed by atoms with Crippen LogP contribution in [-0.4, -0.2) is 51.0 Å². The Hall–Kier alpha value is -3.54. The molecule has 0 saturated carbocycles. The Bertz CT molecular complexity index is 1450. The third-order valence-corrected chi connectivity index (χ3v) is 7.85. The normalized spacial score (nSPS) is 22.4. The van der Waals surface area contributed by atoms with Crippen molar-refractivity contribution >= 4 is 11.0 Å². The highest BCUT2D eigenvalue weighted by molar-refractivity contribution is 5.73. The van der Waals surface area contributed by atoms with Crippen LogP contribution in [0.3, 0.4) is 0 Å². The second-order valence-corrected chi connectivity index (χ2v) is 10.3. The Labute approximate surface area is 216 Å². The number of hydrogen-bond donors (Lipinski definition) is 1. The molecule has 2 aromatic heterocycles. The number of likely N-dealkylation sites (tertiary alicyclic amines) is 1. The molecule has 0 unspecified atom stereocenters. The van der Waals surface area contributed by atoms with E-state index in [1.54, 1.807) is 6.20 Å². The average Bonchev–Trinajstić information content (AvgIpc) is 3.69. The molecule has 0 bridgehead atoms. The highest BCUT2D eigenvalue weighted by Crippen LogP contribution is 2.34. The number of allylic oxidation sites excluding steroid dienone is 3. The Morgan fingerprint density at radius 2 is 2.03 bits per heavy atom. The first-order chi connectivity index (χ1) is 18.2. The number of fused-ring (bicyclic) bond motifs is 1. The number of benzene rings is 1. The van der Waals surface area contributed by atoms with Gasteiger partial charge >= 0.3 is 11.8 Å². The highest BCUT2D eigenvalue weighted by atomic mass is 16.5. The molecule has 4 heterocycles. The fourth-order valence-corrected chi connectivity index (χ4v) is 5.74. The molecule has 0 spiro atoms. The van der Waals surface area contributed by atoms with E-state index in [1.165, 1.54) is 5.56 Å². The summed E-state index contributed by atoms with van der Waals surface area (Å²) in [6.07, 6.45) is 11.5. The number of rotatable bonds is 5. The van der Waals surface area contributed by atoms with Crippen LogP contribution in [0.25, 0.3) is 15.9 Å². The molecule has 0 amide bonds. The zero-order chi connectivity index (χ0) is 25.2. The van der Waals surface area contributed by atoms with Crippen molar-refractivity contribution < 1.29 is 4.74 Å². The summed E-state index contributed by atoms with van der Waals surface area (Å²) < 4.78 is 7.47. The van der Waals surface area contributed by atoms with Gasteiger partial charge in [0.15, 0.2) is 5.65 Å². The monoisotopic (exact) mass is 497 g/mol. The van der Waals surface area contributed by atoms with E-state index >= 15 is 0 Å². The summed E-state index contributed by atoms with van der Waals surface area (Å²) in [6, 6.07) is 11.9. The average molecular weight is 498 g/mol. The minimum absolute atomic E-state index is 0.0933. The van der Waals surface area contributed by atoms with E-state index in [0.29, 0.717) is 17.0 Å². The summed E-state index contributed by atoms with van der Waals surface area (Å²) in [5, 5.41) is 5.12. The predicted molar refractivity (Wildman–Crippen MR) is 144 cm³/mol. The Kier molecular flexibility index (Phi) is 6.73. The maximum Gasteiger partial charge on any atom is 0.321 e. The van der Waals surface area contributed by atoms with Crippen molar-refractivity contribution in [3.05, 3.63) is 86.5 Å². The van der Waals surface area contributed by atoms with E-state index in [-0.39, 0.29) is 17.5 Å². The second kappa shape index (κ2) is 10.4. The maximum atomic E-state index is 13.0. The quantitative estimate of drug-likeness (QED) is 0.556. The number of aromatic amines is 1. The first kappa shape index (κ1) is 23.8. The maximum absolute atomic E-state index is 13.0. The summed E-state index contributed by atoms with van der Waals surface area (Å²) in [4.78, 5) is 28.0. The van der Waals surface area contributed by atoms with Gasteiger partial charge < -0.3 is 9.72 Å². The van der Waals surface area contributed by atoms with Gasteiger partial charge in [-0.25, -0.2) is 9.67 Å². The van der Waals surface area contributed by atoms with Gasteiger partial charge in [0.25, 0.3) is 5.56 Å². The van der Waals surface area contributed by atoms with Crippen LogP contribution in [0.4, 0.5) is 0 Å². The molecule has 8 nitrogen and oxygen atoms in total. The first-order valence-electron chi connectivity index (χ1n) is 13.4. The Balaban J connectivity index is 1.18. The van der Waals surface area contributed by atoms with Crippen molar-refractivity contribution in [2.75, 3.05) is 26.3 Å². The minimum Gasteiger partial charge on any atom is -0.381 e. The number of ether oxygens (including phenoxy) is 1. The summed E-state index contributed by atoms with van der Waals surface area (Å²) in [5.74, 6) is 1.42. The van der Waals surface area contributed by atoms with Crippen LogP contribution in [0.5, 0.6) is 0 Å². The van der Waals surface area contributed by atoms with E-state index in [1.807, 2.05) is 16.8 Å². The predicted octanol–water partition coefficient (Wildman–Crippen LogP) is 4.62. The molecule has 0 radical (unpaired) electrons.